The third kappa shape index (κ3) is 4.59. The Labute approximate surface area is 160 Å². The molecule has 0 fully saturated rings. The predicted octanol–water partition coefficient (Wildman–Crippen LogP) is 3.02. The third-order valence-corrected chi connectivity index (χ3v) is 4.15. The molecule has 7 nitrogen and oxygen atoms in total. The number of benzene rings is 2. The van der Waals surface area contributed by atoms with Gasteiger partial charge < -0.3 is 10.1 Å². The van der Waals surface area contributed by atoms with Crippen molar-refractivity contribution in [3.8, 4) is 17.1 Å². The van der Waals surface area contributed by atoms with Gasteiger partial charge in [0.2, 0.25) is 11.7 Å². The molecule has 3 aromatic rings. The summed E-state index contributed by atoms with van der Waals surface area (Å²) in [6.07, 6.45) is 0. The molecule has 1 amide bonds. The highest BCUT2D eigenvalue weighted by molar-refractivity contribution is 6.30. The Morgan fingerprint density at radius 1 is 1.30 bits per heavy atom. The van der Waals surface area contributed by atoms with Crippen molar-refractivity contribution in [2.24, 2.45) is 0 Å². The topological polar surface area (TPSA) is 81.9 Å². The monoisotopic (exact) mass is 389 g/mol. The second kappa shape index (κ2) is 8.13. The quantitative estimate of drug-likeness (QED) is 0.700. The molecule has 1 unspecified atom stereocenters. The zero-order chi connectivity index (χ0) is 19.4. The first kappa shape index (κ1) is 18.8. The van der Waals surface area contributed by atoms with Gasteiger partial charge in [0, 0.05) is 10.6 Å². The molecule has 1 heterocycles. The third-order valence-electron chi connectivity index (χ3n) is 3.89. The summed E-state index contributed by atoms with van der Waals surface area (Å²) in [6.45, 7) is 1.65. The molecule has 9 heteroatoms. The normalized spacial score (nSPS) is 11.9. The minimum atomic E-state index is -0.485. The zero-order valence-electron chi connectivity index (χ0n) is 14.7. The number of carbonyl (C=O) groups is 1. The smallest absolute Gasteiger partial charge is 0.244 e. The minimum absolute atomic E-state index is 0.108. The first-order valence-electron chi connectivity index (χ1n) is 8.13. The molecule has 0 saturated heterocycles. The van der Waals surface area contributed by atoms with E-state index in [0.29, 0.717) is 16.4 Å². The van der Waals surface area contributed by atoms with E-state index in [4.69, 9.17) is 16.3 Å². The fourth-order valence-electron chi connectivity index (χ4n) is 2.48. The van der Waals surface area contributed by atoms with Crippen molar-refractivity contribution in [2.75, 3.05) is 7.11 Å². The molecule has 140 valence electrons. The summed E-state index contributed by atoms with van der Waals surface area (Å²) < 4.78 is 18.7. The Kier molecular flexibility index (Phi) is 5.66. The average molecular weight is 390 g/mol. The Hall–Kier alpha value is -3.00. The molecule has 0 saturated carbocycles. The van der Waals surface area contributed by atoms with Gasteiger partial charge in [-0.25, -0.2) is 4.39 Å². The predicted molar refractivity (Wildman–Crippen MR) is 97.8 cm³/mol. The Morgan fingerprint density at radius 2 is 2.04 bits per heavy atom. The lowest BCUT2D eigenvalue weighted by Crippen LogP contribution is -2.30. The minimum Gasteiger partial charge on any atom is -0.494 e. The number of halogens is 2. The van der Waals surface area contributed by atoms with Gasteiger partial charge in [-0.3, -0.25) is 4.79 Å². The highest BCUT2D eigenvalue weighted by Crippen LogP contribution is 2.21. The first-order chi connectivity index (χ1) is 13.0. The van der Waals surface area contributed by atoms with Crippen LogP contribution in [0, 0.1) is 5.82 Å². The maximum atomic E-state index is 13.8. The van der Waals surface area contributed by atoms with Crippen molar-refractivity contribution in [3.63, 3.8) is 0 Å². The van der Waals surface area contributed by atoms with Crippen molar-refractivity contribution in [2.45, 2.75) is 19.5 Å². The van der Waals surface area contributed by atoms with Crippen LogP contribution in [0.5, 0.6) is 5.75 Å². The Balaban J connectivity index is 1.62. The van der Waals surface area contributed by atoms with Gasteiger partial charge in [0.1, 0.15) is 6.54 Å². The number of tetrazole rings is 1. The number of aromatic nitrogens is 4. The number of nitrogens with one attached hydrogen (secondary N) is 1. The van der Waals surface area contributed by atoms with E-state index in [1.54, 1.807) is 37.3 Å². The molecule has 0 aliphatic heterocycles. The molecule has 2 aromatic carbocycles. The lowest BCUT2D eigenvalue weighted by Gasteiger charge is -2.15. The molecule has 1 N–H and O–H groups in total. The van der Waals surface area contributed by atoms with Gasteiger partial charge in [0.25, 0.3) is 0 Å². The van der Waals surface area contributed by atoms with E-state index in [9.17, 15) is 9.18 Å². The number of nitrogens with zero attached hydrogens (tertiary/aromatic N) is 4. The zero-order valence-corrected chi connectivity index (χ0v) is 15.4. The summed E-state index contributed by atoms with van der Waals surface area (Å²) in [4.78, 5) is 13.4. The molecule has 0 radical (unpaired) electrons. The fraction of sp³-hybridized carbons (Fsp3) is 0.222. The standard InChI is InChI=1S/C18H17ClFN5O2/c1-11(13-5-8-16(27-2)15(20)9-13)21-17(26)10-25-23-18(22-24-25)12-3-6-14(19)7-4-12/h3-9,11H,10H2,1-2H3,(H,21,26). The van der Waals surface area contributed by atoms with Gasteiger partial charge in [-0.15, -0.1) is 10.2 Å². The van der Waals surface area contributed by atoms with Crippen LogP contribution in [0.2, 0.25) is 5.02 Å². The van der Waals surface area contributed by atoms with Gasteiger partial charge in [0.05, 0.1) is 13.2 Å². The SMILES string of the molecule is COc1ccc(C(C)NC(=O)Cn2nnc(-c3ccc(Cl)cc3)n2)cc1F. The molecule has 1 atom stereocenters. The van der Waals surface area contributed by atoms with Crippen LogP contribution in [0.4, 0.5) is 4.39 Å². The number of ether oxygens (including phenoxy) is 1. The van der Waals surface area contributed by atoms with E-state index in [0.717, 1.165) is 5.56 Å². The molecule has 0 aliphatic rings. The largest absolute Gasteiger partial charge is 0.494 e. The molecule has 27 heavy (non-hydrogen) atoms. The first-order valence-corrected chi connectivity index (χ1v) is 8.50. The van der Waals surface area contributed by atoms with Crippen molar-refractivity contribution in [1.82, 2.24) is 25.5 Å². The Morgan fingerprint density at radius 3 is 2.70 bits per heavy atom. The summed E-state index contributed by atoms with van der Waals surface area (Å²) in [5, 5.41) is 15.4. The lowest BCUT2D eigenvalue weighted by atomic mass is 10.1. The number of hydrogen-bond acceptors (Lipinski definition) is 5. The molecule has 3 rings (SSSR count). The van der Waals surface area contributed by atoms with Gasteiger partial charge in [-0.1, -0.05) is 17.7 Å². The number of amides is 1. The lowest BCUT2D eigenvalue weighted by molar-refractivity contribution is -0.122. The van der Waals surface area contributed by atoms with E-state index in [1.165, 1.54) is 24.0 Å². The highest BCUT2D eigenvalue weighted by Gasteiger charge is 2.14. The summed E-state index contributed by atoms with van der Waals surface area (Å²) in [5.74, 6) is -0.260. The van der Waals surface area contributed by atoms with Crippen LogP contribution in [0.1, 0.15) is 18.5 Å². The maximum Gasteiger partial charge on any atom is 0.244 e. The summed E-state index contributed by atoms with van der Waals surface area (Å²) >= 11 is 5.85. The van der Waals surface area contributed by atoms with E-state index in [1.807, 2.05) is 0 Å². The van der Waals surface area contributed by atoms with E-state index < -0.39 is 11.9 Å². The van der Waals surface area contributed by atoms with Crippen molar-refractivity contribution in [1.29, 1.82) is 0 Å². The van der Waals surface area contributed by atoms with Crippen LogP contribution in [0.3, 0.4) is 0 Å². The van der Waals surface area contributed by atoms with Gasteiger partial charge in [-0.05, 0) is 54.1 Å². The van der Waals surface area contributed by atoms with Gasteiger partial charge in [-0.2, -0.15) is 4.80 Å². The van der Waals surface area contributed by atoms with E-state index in [2.05, 4.69) is 20.7 Å². The molecule has 0 spiro atoms. The van der Waals surface area contributed by atoms with Crippen molar-refractivity contribution >= 4 is 17.5 Å². The average Bonchev–Trinajstić information content (AvgIpc) is 3.10. The van der Waals surface area contributed by atoms with Crippen LogP contribution >= 0.6 is 11.6 Å². The van der Waals surface area contributed by atoms with Crippen LogP contribution in [-0.4, -0.2) is 33.2 Å². The van der Waals surface area contributed by atoms with Gasteiger partial charge in [0.15, 0.2) is 11.6 Å². The van der Waals surface area contributed by atoms with Crippen molar-refractivity contribution < 1.29 is 13.9 Å². The van der Waals surface area contributed by atoms with Crippen LogP contribution in [0.25, 0.3) is 11.4 Å². The molecule has 1 aromatic heterocycles. The number of rotatable bonds is 6. The molecular formula is C18H17ClFN5O2. The fourth-order valence-corrected chi connectivity index (χ4v) is 2.60. The number of methoxy groups -OCH3 is 1. The van der Waals surface area contributed by atoms with E-state index >= 15 is 0 Å². The summed E-state index contributed by atoms with van der Waals surface area (Å²) in [7, 11) is 1.40. The van der Waals surface area contributed by atoms with E-state index in [-0.39, 0.29) is 18.2 Å². The molecule has 0 bridgehead atoms. The number of carbonyl (C=O) groups excluding carboxylic acids is 1. The highest BCUT2D eigenvalue weighted by atomic mass is 35.5. The second-order valence-corrected chi connectivity index (χ2v) is 6.27. The van der Waals surface area contributed by atoms with Gasteiger partial charge >= 0.3 is 0 Å². The Bertz CT molecular complexity index is 945. The second-order valence-electron chi connectivity index (χ2n) is 5.83. The summed E-state index contributed by atoms with van der Waals surface area (Å²) in [6, 6.07) is 11.1. The number of hydrogen-bond donors (Lipinski definition) is 1. The molecule has 0 aliphatic carbocycles. The summed E-state index contributed by atoms with van der Waals surface area (Å²) in [5.41, 5.74) is 1.36. The maximum absolute atomic E-state index is 13.8. The van der Waals surface area contributed by atoms with Crippen molar-refractivity contribution in [3.05, 3.63) is 58.9 Å². The van der Waals surface area contributed by atoms with Crippen LogP contribution in [-0.2, 0) is 11.3 Å². The van der Waals surface area contributed by atoms with Crippen LogP contribution in [0.15, 0.2) is 42.5 Å². The molecular weight excluding hydrogens is 373 g/mol. The van der Waals surface area contributed by atoms with Crippen LogP contribution < -0.4 is 10.1 Å².